The number of anilines is 1. The standard InChI is InChI=1S/C9H9ClN4O/c1-14(9(15)6-10)8-4-2-7(3-5-8)12-13-11/h2-5H,6H2,1H3. The summed E-state index contributed by atoms with van der Waals surface area (Å²) >= 11 is 5.42. The third-order valence-corrected chi connectivity index (χ3v) is 2.11. The number of nitrogens with zero attached hydrogens (tertiary/aromatic N) is 4. The number of carbonyl (C=O) groups is 1. The van der Waals surface area contributed by atoms with Crippen molar-refractivity contribution >= 4 is 28.9 Å². The van der Waals surface area contributed by atoms with E-state index in [0.29, 0.717) is 11.4 Å². The zero-order valence-electron chi connectivity index (χ0n) is 8.09. The van der Waals surface area contributed by atoms with Crippen molar-refractivity contribution in [2.75, 3.05) is 17.8 Å². The van der Waals surface area contributed by atoms with Gasteiger partial charge in [-0.05, 0) is 17.7 Å². The normalized spacial score (nSPS) is 9.20. The van der Waals surface area contributed by atoms with E-state index in [1.807, 2.05) is 0 Å². The van der Waals surface area contributed by atoms with Gasteiger partial charge in [-0.2, -0.15) is 0 Å². The van der Waals surface area contributed by atoms with Gasteiger partial charge in [-0.25, -0.2) is 0 Å². The van der Waals surface area contributed by atoms with Gasteiger partial charge in [0.2, 0.25) is 5.91 Å². The van der Waals surface area contributed by atoms with Crippen molar-refractivity contribution in [3.63, 3.8) is 0 Å². The predicted molar refractivity (Wildman–Crippen MR) is 59.4 cm³/mol. The summed E-state index contributed by atoms with van der Waals surface area (Å²) in [6.45, 7) is 0. The number of rotatable bonds is 3. The monoisotopic (exact) mass is 224 g/mol. The molecule has 0 aliphatic carbocycles. The first-order valence-corrected chi connectivity index (χ1v) is 4.70. The SMILES string of the molecule is CN(C(=O)CCl)c1ccc(N=[N+]=[N-])cc1. The van der Waals surface area contributed by atoms with E-state index in [-0.39, 0.29) is 11.8 Å². The molecule has 0 spiro atoms. The largest absolute Gasteiger partial charge is 0.314 e. The van der Waals surface area contributed by atoms with Gasteiger partial charge in [0.15, 0.2) is 0 Å². The molecule has 0 saturated carbocycles. The Hall–Kier alpha value is -1.71. The number of azide groups is 1. The maximum absolute atomic E-state index is 11.2. The van der Waals surface area contributed by atoms with Gasteiger partial charge in [0, 0.05) is 23.3 Å². The van der Waals surface area contributed by atoms with Crippen LogP contribution in [0, 0.1) is 0 Å². The Kier molecular flexibility index (Phi) is 3.97. The van der Waals surface area contributed by atoms with E-state index in [9.17, 15) is 4.79 Å². The highest BCUT2D eigenvalue weighted by molar-refractivity contribution is 6.29. The molecule has 5 nitrogen and oxygen atoms in total. The second-order valence-corrected chi connectivity index (χ2v) is 3.06. The van der Waals surface area contributed by atoms with E-state index in [1.54, 1.807) is 31.3 Å². The van der Waals surface area contributed by atoms with Gasteiger partial charge in [0.25, 0.3) is 0 Å². The molecule has 0 aliphatic rings. The molecule has 0 radical (unpaired) electrons. The molecule has 78 valence electrons. The topological polar surface area (TPSA) is 69.1 Å². The average molecular weight is 225 g/mol. The number of benzene rings is 1. The van der Waals surface area contributed by atoms with Gasteiger partial charge < -0.3 is 4.90 Å². The van der Waals surface area contributed by atoms with Crippen LogP contribution in [0.25, 0.3) is 10.4 Å². The van der Waals surface area contributed by atoms with Crippen molar-refractivity contribution in [3.05, 3.63) is 34.7 Å². The number of amides is 1. The molecule has 1 aromatic carbocycles. The maximum Gasteiger partial charge on any atom is 0.241 e. The minimum absolute atomic E-state index is 0.0609. The fourth-order valence-electron chi connectivity index (χ4n) is 1.03. The molecule has 0 unspecified atom stereocenters. The van der Waals surface area contributed by atoms with Crippen LogP contribution in [-0.2, 0) is 4.79 Å². The third-order valence-electron chi connectivity index (χ3n) is 1.89. The Bertz CT molecular complexity index is 397. The molecule has 15 heavy (non-hydrogen) atoms. The van der Waals surface area contributed by atoms with Crippen molar-refractivity contribution in [1.29, 1.82) is 0 Å². The van der Waals surface area contributed by atoms with E-state index >= 15 is 0 Å². The van der Waals surface area contributed by atoms with Gasteiger partial charge in [-0.15, -0.1) is 11.6 Å². The molecule has 0 aromatic heterocycles. The van der Waals surface area contributed by atoms with Gasteiger partial charge >= 0.3 is 0 Å². The summed E-state index contributed by atoms with van der Waals surface area (Å²) in [5, 5.41) is 3.42. The molecule has 0 N–H and O–H groups in total. The molecule has 1 aromatic rings. The van der Waals surface area contributed by atoms with Crippen LogP contribution < -0.4 is 4.90 Å². The third kappa shape index (κ3) is 2.87. The molecule has 0 heterocycles. The lowest BCUT2D eigenvalue weighted by Crippen LogP contribution is -2.26. The zero-order chi connectivity index (χ0) is 11.3. The van der Waals surface area contributed by atoms with E-state index in [0.717, 1.165) is 0 Å². The first-order valence-electron chi connectivity index (χ1n) is 4.16. The Labute approximate surface area is 91.9 Å². The molecule has 6 heteroatoms. The fourth-order valence-corrected chi connectivity index (χ4v) is 1.21. The highest BCUT2D eigenvalue weighted by Gasteiger charge is 2.08. The summed E-state index contributed by atoms with van der Waals surface area (Å²) in [4.78, 5) is 15.3. The van der Waals surface area contributed by atoms with E-state index in [2.05, 4.69) is 10.0 Å². The van der Waals surface area contributed by atoms with Crippen LogP contribution in [0.15, 0.2) is 29.4 Å². The van der Waals surface area contributed by atoms with Crippen LogP contribution in [0.3, 0.4) is 0 Å². The summed E-state index contributed by atoms with van der Waals surface area (Å²) < 4.78 is 0. The first kappa shape index (κ1) is 11.4. The lowest BCUT2D eigenvalue weighted by atomic mass is 10.2. The summed E-state index contributed by atoms with van der Waals surface area (Å²) in [7, 11) is 1.63. The van der Waals surface area contributed by atoms with Crippen LogP contribution in [-0.4, -0.2) is 18.8 Å². The van der Waals surface area contributed by atoms with Gasteiger partial charge in [0.1, 0.15) is 5.88 Å². The molecular formula is C9H9ClN4O. The Balaban J connectivity index is 2.88. The smallest absolute Gasteiger partial charge is 0.241 e. The maximum atomic E-state index is 11.2. The number of hydrogen-bond acceptors (Lipinski definition) is 2. The lowest BCUT2D eigenvalue weighted by Gasteiger charge is -2.15. The Morgan fingerprint density at radius 1 is 1.53 bits per heavy atom. The van der Waals surface area contributed by atoms with Crippen molar-refractivity contribution < 1.29 is 4.79 Å². The summed E-state index contributed by atoms with van der Waals surface area (Å²) in [5.74, 6) is -0.248. The number of hydrogen-bond donors (Lipinski definition) is 0. The van der Waals surface area contributed by atoms with E-state index in [4.69, 9.17) is 17.1 Å². The minimum atomic E-state index is -0.187. The Morgan fingerprint density at radius 2 is 2.13 bits per heavy atom. The molecule has 0 bridgehead atoms. The van der Waals surface area contributed by atoms with Crippen LogP contribution in [0.2, 0.25) is 0 Å². The molecule has 0 fully saturated rings. The first-order chi connectivity index (χ1) is 7.19. The van der Waals surface area contributed by atoms with Crippen molar-refractivity contribution in [2.45, 2.75) is 0 Å². The molecule has 0 atom stereocenters. The highest BCUT2D eigenvalue weighted by Crippen LogP contribution is 2.19. The molecule has 0 saturated heterocycles. The number of halogens is 1. The zero-order valence-corrected chi connectivity index (χ0v) is 8.85. The molecular weight excluding hydrogens is 216 g/mol. The highest BCUT2D eigenvalue weighted by atomic mass is 35.5. The van der Waals surface area contributed by atoms with E-state index < -0.39 is 0 Å². The summed E-state index contributed by atoms with van der Waals surface area (Å²) in [5.41, 5.74) is 9.41. The quantitative estimate of drug-likeness (QED) is 0.337. The van der Waals surface area contributed by atoms with Crippen molar-refractivity contribution in [2.24, 2.45) is 5.11 Å². The minimum Gasteiger partial charge on any atom is -0.314 e. The average Bonchev–Trinajstić information content (AvgIpc) is 2.28. The van der Waals surface area contributed by atoms with Gasteiger partial charge in [-0.3, -0.25) is 4.79 Å². The summed E-state index contributed by atoms with van der Waals surface area (Å²) in [6, 6.07) is 6.64. The second kappa shape index (κ2) is 5.24. The van der Waals surface area contributed by atoms with Gasteiger partial charge in [-0.1, -0.05) is 17.2 Å². The van der Waals surface area contributed by atoms with Crippen LogP contribution >= 0.6 is 11.6 Å². The molecule has 1 rings (SSSR count). The number of carbonyl (C=O) groups excluding carboxylic acids is 1. The van der Waals surface area contributed by atoms with Crippen molar-refractivity contribution in [3.8, 4) is 0 Å². The lowest BCUT2D eigenvalue weighted by molar-refractivity contribution is -0.116. The van der Waals surface area contributed by atoms with E-state index in [1.165, 1.54) is 4.90 Å². The molecule has 1 amide bonds. The van der Waals surface area contributed by atoms with Gasteiger partial charge in [0.05, 0.1) is 0 Å². The number of alkyl halides is 1. The molecule has 0 aliphatic heterocycles. The summed E-state index contributed by atoms with van der Waals surface area (Å²) in [6.07, 6.45) is 0. The van der Waals surface area contributed by atoms with Crippen LogP contribution in [0.5, 0.6) is 0 Å². The predicted octanol–water partition coefficient (Wildman–Crippen LogP) is 2.83. The second-order valence-electron chi connectivity index (χ2n) is 2.79. The van der Waals surface area contributed by atoms with Crippen molar-refractivity contribution in [1.82, 2.24) is 0 Å². The van der Waals surface area contributed by atoms with Crippen LogP contribution in [0.4, 0.5) is 11.4 Å². The van der Waals surface area contributed by atoms with Crippen LogP contribution in [0.1, 0.15) is 0 Å². The Morgan fingerprint density at radius 3 is 2.60 bits per heavy atom. The fraction of sp³-hybridized carbons (Fsp3) is 0.222.